The highest BCUT2D eigenvalue weighted by atomic mass is 28.3. The molecule has 0 amide bonds. The number of rotatable bonds is 6. The number of amidine groups is 2. The summed E-state index contributed by atoms with van der Waals surface area (Å²) in [6.07, 6.45) is 0. The molecule has 0 atom stereocenters. The van der Waals surface area contributed by atoms with Gasteiger partial charge in [0.2, 0.25) is 0 Å². The SMILES string of the molecule is C[Si](/N=C(\Nc1ccccc1)c1ccccc1)/N=C(/Nc1ccccc1)c1ccccc1. The molecule has 0 aromatic heterocycles. The van der Waals surface area contributed by atoms with Crippen molar-refractivity contribution in [2.45, 2.75) is 6.55 Å². The van der Waals surface area contributed by atoms with Crippen molar-refractivity contribution in [2.24, 2.45) is 9.32 Å². The molecule has 2 N–H and O–H groups in total. The van der Waals surface area contributed by atoms with Crippen molar-refractivity contribution in [3.8, 4) is 0 Å². The van der Waals surface area contributed by atoms with Gasteiger partial charge in [0.05, 0.1) is 0 Å². The molecule has 1 radical (unpaired) electrons. The Morgan fingerprint density at radius 1 is 0.500 bits per heavy atom. The quantitative estimate of drug-likeness (QED) is 0.215. The first-order chi connectivity index (χ1) is 15.8. The van der Waals surface area contributed by atoms with E-state index in [1.54, 1.807) is 0 Å². The summed E-state index contributed by atoms with van der Waals surface area (Å²) in [4.78, 5) is 0. The summed E-state index contributed by atoms with van der Waals surface area (Å²) >= 11 is 0. The fourth-order valence-electron chi connectivity index (χ4n) is 3.19. The third-order valence-electron chi connectivity index (χ3n) is 4.71. The van der Waals surface area contributed by atoms with E-state index < -0.39 is 9.12 Å². The zero-order valence-electron chi connectivity index (χ0n) is 17.9. The monoisotopic (exact) mass is 433 g/mol. The minimum atomic E-state index is -1.47. The van der Waals surface area contributed by atoms with Crippen molar-refractivity contribution in [1.82, 2.24) is 0 Å². The highest BCUT2D eigenvalue weighted by Gasteiger charge is 2.12. The van der Waals surface area contributed by atoms with Gasteiger partial charge in [-0.15, -0.1) is 0 Å². The van der Waals surface area contributed by atoms with Gasteiger partial charge in [0.1, 0.15) is 11.7 Å². The third-order valence-corrected chi connectivity index (χ3v) is 5.81. The fraction of sp³-hybridized carbons (Fsp3) is 0.0370. The Morgan fingerprint density at radius 3 is 1.16 bits per heavy atom. The van der Waals surface area contributed by atoms with Gasteiger partial charge in [-0.3, -0.25) is 9.32 Å². The molecule has 32 heavy (non-hydrogen) atoms. The van der Waals surface area contributed by atoms with Gasteiger partial charge in [0, 0.05) is 22.5 Å². The van der Waals surface area contributed by atoms with E-state index in [0.717, 1.165) is 34.2 Å². The Labute approximate surface area is 191 Å². The molecule has 4 rings (SSSR count). The lowest BCUT2D eigenvalue weighted by Crippen LogP contribution is -2.21. The molecule has 157 valence electrons. The lowest BCUT2D eigenvalue weighted by Gasteiger charge is -2.14. The summed E-state index contributed by atoms with van der Waals surface area (Å²) in [6.45, 7) is 2.09. The van der Waals surface area contributed by atoms with Crippen LogP contribution in [0.4, 0.5) is 11.4 Å². The molecule has 0 heterocycles. The minimum Gasteiger partial charge on any atom is -0.341 e. The highest BCUT2D eigenvalue weighted by molar-refractivity contribution is 6.58. The van der Waals surface area contributed by atoms with Crippen molar-refractivity contribution in [1.29, 1.82) is 0 Å². The van der Waals surface area contributed by atoms with Gasteiger partial charge in [0.25, 0.3) is 0 Å². The lowest BCUT2D eigenvalue weighted by molar-refractivity contribution is 1.48. The van der Waals surface area contributed by atoms with E-state index in [1.165, 1.54) is 0 Å². The average molecular weight is 434 g/mol. The topological polar surface area (TPSA) is 48.8 Å². The number of benzene rings is 4. The predicted molar refractivity (Wildman–Crippen MR) is 138 cm³/mol. The highest BCUT2D eigenvalue weighted by Crippen LogP contribution is 2.13. The van der Waals surface area contributed by atoms with Gasteiger partial charge >= 0.3 is 9.12 Å². The summed E-state index contributed by atoms with van der Waals surface area (Å²) in [5.74, 6) is 1.65. The molecule has 0 aliphatic rings. The maximum atomic E-state index is 5.03. The number of para-hydroxylation sites is 2. The molecule has 0 fully saturated rings. The van der Waals surface area contributed by atoms with E-state index in [4.69, 9.17) is 9.32 Å². The second kappa shape index (κ2) is 10.9. The molecule has 4 aromatic carbocycles. The van der Waals surface area contributed by atoms with E-state index in [-0.39, 0.29) is 0 Å². The van der Waals surface area contributed by atoms with Crippen molar-refractivity contribution in [3.63, 3.8) is 0 Å². The second-order valence-electron chi connectivity index (χ2n) is 7.18. The molecular weight excluding hydrogens is 408 g/mol. The normalized spacial score (nSPS) is 11.9. The van der Waals surface area contributed by atoms with Crippen LogP contribution in [0.25, 0.3) is 0 Å². The first-order valence-electron chi connectivity index (χ1n) is 10.5. The fourth-order valence-corrected chi connectivity index (χ4v) is 4.25. The lowest BCUT2D eigenvalue weighted by atomic mass is 10.2. The van der Waals surface area contributed by atoms with Gasteiger partial charge in [0.15, 0.2) is 0 Å². The van der Waals surface area contributed by atoms with Crippen LogP contribution in [0, 0.1) is 0 Å². The number of anilines is 2. The Hall–Kier alpha value is -3.96. The maximum absolute atomic E-state index is 5.03. The van der Waals surface area contributed by atoms with Gasteiger partial charge < -0.3 is 10.6 Å². The second-order valence-corrected chi connectivity index (χ2v) is 8.72. The van der Waals surface area contributed by atoms with Crippen molar-refractivity contribution < 1.29 is 0 Å². The molecule has 0 bridgehead atoms. The summed E-state index contributed by atoms with van der Waals surface area (Å²) in [6, 6.07) is 40.6. The summed E-state index contributed by atoms with van der Waals surface area (Å²) in [5.41, 5.74) is 4.07. The molecule has 0 aliphatic heterocycles. The molecule has 4 nitrogen and oxygen atoms in total. The Kier molecular flexibility index (Phi) is 7.24. The van der Waals surface area contributed by atoms with E-state index >= 15 is 0 Å². The van der Waals surface area contributed by atoms with Crippen molar-refractivity contribution in [3.05, 3.63) is 132 Å². The molecule has 0 unspecified atom stereocenters. The van der Waals surface area contributed by atoms with Crippen LogP contribution in [0.1, 0.15) is 11.1 Å². The molecule has 0 spiro atoms. The van der Waals surface area contributed by atoms with E-state index in [9.17, 15) is 0 Å². The first-order valence-corrected chi connectivity index (χ1v) is 12.4. The molecule has 0 aliphatic carbocycles. The van der Waals surface area contributed by atoms with Gasteiger partial charge in [-0.05, 0) is 30.8 Å². The summed E-state index contributed by atoms with van der Waals surface area (Å²) in [7, 11) is -1.47. The zero-order chi connectivity index (χ0) is 22.0. The number of hydrogen-bond acceptors (Lipinski definition) is 2. The van der Waals surface area contributed by atoms with Crippen LogP contribution >= 0.6 is 0 Å². The zero-order valence-corrected chi connectivity index (χ0v) is 18.9. The van der Waals surface area contributed by atoms with Crippen LogP contribution in [0.5, 0.6) is 0 Å². The van der Waals surface area contributed by atoms with Gasteiger partial charge in [-0.2, -0.15) is 0 Å². The molecule has 0 saturated carbocycles. The third kappa shape index (κ3) is 6.03. The van der Waals surface area contributed by atoms with Crippen molar-refractivity contribution >= 4 is 32.2 Å². The Balaban J connectivity index is 1.67. The van der Waals surface area contributed by atoms with E-state index in [1.807, 2.05) is 97.1 Å². The number of nitrogens with one attached hydrogen (secondary N) is 2. The van der Waals surface area contributed by atoms with Crippen LogP contribution in [0.2, 0.25) is 6.55 Å². The average Bonchev–Trinajstić information content (AvgIpc) is 2.86. The van der Waals surface area contributed by atoms with Crippen LogP contribution in [0.3, 0.4) is 0 Å². The van der Waals surface area contributed by atoms with Gasteiger partial charge in [-0.25, -0.2) is 0 Å². The standard InChI is InChI=1S/C27H25N4Si/c1-32(30-26(22-14-6-2-7-15-22)28-24-18-10-4-11-19-24)31-27(23-16-8-3-9-17-23)29-25-20-12-5-13-21-25/h2-21H,1H3,(H,28,30)(H,29,31). The summed E-state index contributed by atoms with van der Waals surface area (Å²) < 4.78 is 10.1. The largest absolute Gasteiger partial charge is 0.341 e. The smallest absolute Gasteiger partial charge is 0.338 e. The van der Waals surface area contributed by atoms with Crippen LogP contribution < -0.4 is 10.6 Å². The van der Waals surface area contributed by atoms with Crippen LogP contribution in [0.15, 0.2) is 131 Å². The van der Waals surface area contributed by atoms with E-state index in [2.05, 4.69) is 41.4 Å². The Morgan fingerprint density at radius 2 is 0.812 bits per heavy atom. The molecular formula is C27H25N4Si. The molecule has 5 heteroatoms. The van der Waals surface area contributed by atoms with Gasteiger partial charge in [-0.1, -0.05) is 97.1 Å². The molecule has 4 aromatic rings. The summed E-state index contributed by atoms with van der Waals surface area (Å²) in [5, 5.41) is 6.95. The first kappa shape index (κ1) is 21.3. The molecule has 0 saturated heterocycles. The van der Waals surface area contributed by atoms with Crippen molar-refractivity contribution in [2.75, 3.05) is 10.6 Å². The number of nitrogens with zero attached hydrogens (tertiary/aromatic N) is 2. The van der Waals surface area contributed by atoms with Crippen LogP contribution in [-0.4, -0.2) is 20.8 Å². The minimum absolute atomic E-state index is 0.823. The predicted octanol–water partition coefficient (Wildman–Crippen LogP) is 6.22. The van der Waals surface area contributed by atoms with Crippen LogP contribution in [-0.2, 0) is 0 Å². The number of hydrogen-bond donors (Lipinski definition) is 2. The maximum Gasteiger partial charge on any atom is 0.338 e. The Bertz CT molecular complexity index is 1070. The van der Waals surface area contributed by atoms with E-state index in [0.29, 0.717) is 0 Å².